The van der Waals surface area contributed by atoms with Crippen molar-refractivity contribution in [3.8, 4) is 6.19 Å². The summed E-state index contributed by atoms with van der Waals surface area (Å²) in [6.45, 7) is 9.73. The van der Waals surface area contributed by atoms with Gasteiger partial charge in [0.1, 0.15) is 0 Å². The molecule has 0 spiro atoms. The van der Waals surface area contributed by atoms with Crippen LogP contribution in [0.15, 0.2) is 4.99 Å². The van der Waals surface area contributed by atoms with Crippen LogP contribution in [-0.4, -0.2) is 19.0 Å². The molecule has 0 aliphatic rings. The van der Waals surface area contributed by atoms with Crippen LogP contribution < -0.4 is 10.6 Å². The second-order valence-electron chi connectivity index (χ2n) is 3.99. The Morgan fingerprint density at radius 2 is 2.08 bits per heavy atom. The Bertz CT molecular complexity index is 207. The van der Waals surface area contributed by atoms with Crippen LogP contribution in [-0.2, 0) is 0 Å². The van der Waals surface area contributed by atoms with E-state index in [1.54, 1.807) is 0 Å². The van der Waals surface area contributed by atoms with Crippen molar-refractivity contribution in [2.24, 2.45) is 10.4 Å². The Hall–Kier alpha value is -1.24. The molecule has 0 heterocycles. The molecule has 0 aromatic carbocycles. The number of hydrogen-bond donors (Lipinski definition) is 2. The third kappa shape index (κ3) is 7.13. The number of guanidine groups is 1. The Morgan fingerprint density at radius 1 is 1.46 bits per heavy atom. The predicted molar refractivity (Wildman–Crippen MR) is 54.2 cm³/mol. The first-order valence-electron chi connectivity index (χ1n) is 4.43. The van der Waals surface area contributed by atoms with Gasteiger partial charge in [0, 0.05) is 13.1 Å². The minimum Gasteiger partial charge on any atom is -0.356 e. The first kappa shape index (κ1) is 11.8. The van der Waals surface area contributed by atoms with Crippen molar-refractivity contribution in [1.29, 1.82) is 5.26 Å². The summed E-state index contributed by atoms with van der Waals surface area (Å²) in [5.41, 5.74) is 0.151. The SMILES string of the molecule is CCNC(=NCC(C)(C)C)NC#N. The first-order valence-corrected chi connectivity index (χ1v) is 4.43. The Balaban J connectivity index is 4.12. The van der Waals surface area contributed by atoms with Crippen molar-refractivity contribution in [3.63, 3.8) is 0 Å². The van der Waals surface area contributed by atoms with Gasteiger partial charge in [-0.25, -0.2) is 0 Å². The third-order valence-corrected chi connectivity index (χ3v) is 1.23. The number of hydrogen-bond acceptors (Lipinski definition) is 2. The molecule has 74 valence electrons. The maximum atomic E-state index is 8.41. The summed E-state index contributed by atoms with van der Waals surface area (Å²) < 4.78 is 0. The van der Waals surface area contributed by atoms with Crippen molar-refractivity contribution in [2.75, 3.05) is 13.1 Å². The highest BCUT2D eigenvalue weighted by Crippen LogP contribution is 2.12. The largest absolute Gasteiger partial charge is 0.356 e. The molecule has 2 N–H and O–H groups in total. The van der Waals surface area contributed by atoms with Crippen LogP contribution in [0.3, 0.4) is 0 Å². The normalized spacial score (nSPS) is 12.1. The van der Waals surface area contributed by atoms with Crippen LogP contribution >= 0.6 is 0 Å². The Morgan fingerprint density at radius 3 is 2.46 bits per heavy atom. The van der Waals surface area contributed by atoms with Crippen LogP contribution in [0.4, 0.5) is 0 Å². The van der Waals surface area contributed by atoms with Gasteiger partial charge >= 0.3 is 0 Å². The molecular formula is C9H18N4. The van der Waals surface area contributed by atoms with Crippen molar-refractivity contribution >= 4 is 5.96 Å². The summed E-state index contributed by atoms with van der Waals surface area (Å²) in [7, 11) is 0. The fourth-order valence-electron chi connectivity index (χ4n) is 0.676. The van der Waals surface area contributed by atoms with Gasteiger partial charge in [-0.2, -0.15) is 5.26 Å². The summed E-state index contributed by atoms with van der Waals surface area (Å²) in [6, 6.07) is 0. The van der Waals surface area contributed by atoms with Crippen molar-refractivity contribution in [1.82, 2.24) is 10.6 Å². The van der Waals surface area contributed by atoms with Crippen molar-refractivity contribution < 1.29 is 0 Å². The molecule has 4 nitrogen and oxygen atoms in total. The molecule has 0 radical (unpaired) electrons. The molecule has 4 heteroatoms. The molecule has 0 saturated heterocycles. The number of aliphatic imine (C=N–C) groups is 1. The average Bonchev–Trinajstić information content (AvgIpc) is 2.00. The second kappa shape index (κ2) is 5.41. The molecule has 0 saturated carbocycles. The monoisotopic (exact) mass is 182 g/mol. The van der Waals surface area contributed by atoms with Gasteiger partial charge in [-0.05, 0) is 12.3 Å². The highest BCUT2D eigenvalue weighted by Gasteiger charge is 2.09. The molecule has 0 aliphatic heterocycles. The lowest BCUT2D eigenvalue weighted by atomic mass is 9.97. The van der Waals surface area contributed by atoms with E-state index in [1.807, 2.05) is 13.1 Å². The van der Waals surface area contributed by atoms with Gasteiger partial charge in [0.2, 0.25) is 5.96 Å². The van der Waals surface area contributed by atoms with E-state index in [0.29, 0.717) is 12.5 Å². The summed E-state index contributed by atoms with van der Waals surface area (Å²) in [4.78, 5) is 4.25. The van der Waals surface area contributed by atoms with Crippen LogP contribution in [0, 0.1) is 16.9 Å². The molecule has 0 bridgehead atoms. The van der Waals surface area contributed by atoms with Gasteiger partial charge < -0.3 is 5.32 Å². The zero-order chi connectivity index (χ0) is 10.3. The minimum absolute atomic E-state index is 0.151. The van der Waals surface area contributed by atoms with Gasteiger partial charge in [-0.1, -0.05) is 20.8 Å². The van der Waals surface area contributed by atoms with Gasteiger partial charge in [-0.15, -0.1) is 0 Å². The van der Waals surface area contributed by atoms with E-state index in [4.69, 9.17) is 5.26 Å². The van der Waals surface area contributed by atoms with Gasteiger partial charge in [0.15, 0.2) is 6.19 Å². The lowest BCUT2D eigenvalue weighted by Gasteiger charge is -2.15. The molecule has 0 fully saturated rings. The molecule has 0 atom stereocenters. The van der Waals surface area contributed by atoms with E-state index in [-0.39, 0.29) is 5.41 Å². The summed E-state index contributed by atoms with van der Waals surface area (Å²) in [5.74, 6) is 0.555. The average molecular weight is 182 g/mol. The molecule has 0 aromatic heterocycles. The highest BCUT2D eigenvalue weighted by atomic mass is 15.2. The maximum Gasteiger partial charge on any atom is 0.204 e. The van der Waals surface area contributed by atoms with Crippen molar-refractivity contribution in [2.45, 2.75) is 27.7 Å². The van der Waals surface area contributed by atoms with E-state index in [1.165, 1.54) is 0 Å². The zero-order valence-electron chi connectivity index (χ0n) is 8.81. The molecule has 0 aromatic rings. The van der Waals surface area contributed by atoms with Crippen LogP contribution in [0.25, 0.3) is 0 Å². The predicted octanol–water partition coefficient (Wildman–Crippen LogP) is 1.07. The van der Waals surface area contributed by atoms with Crippen molar-refractivity contribution in [3.05, 3.63) is 0 Å². The Labute approximate surface area is 80.0 Å². The topological polar surface area (TPSA) is 60.2 Å². The van der Waals surface area contributed by atoms with E-state index in [2.05, 4.69) is 36.4 Å². The fourth-order valence-corrected chi connectivity index (χ4v) is 0.676. The van der Waals surface area contributed by atoms with E-state index >= 15 is 0 Å². The number of nitrogens with one attached hydrogen (secondary N) is 2. The third-order valence-electron chi connectivity index (χ3n) is 1.23. The smallest absolute Gasteiger partial charge is 0.204 e. The standard InChI is InChI=1S/C9H18N4/c1-5-11-8(13-7-10)12-6-9(2,3)4/h5-6H2,1-4H3,(H2,11,12,13). The molecule has 0 amide bonds. The molecule has 0 unspecified atom stereocenters. The summed E-state index contributed by atoms with van der Waals surface area (Å²) >= 11 is 0. The van der Waals surface area contributed by atoms with E-state index in [0.717, 1.165) is 6.54 Å². The maximum absolute atomic E-state index is 8.41. The molecule has 0 aliphatic carbocycles. The highest BCUT2D eigenvalue weighted by molar-refractivity contribution is 5.81. The van der Waals surface area contributed by atoms with Crippen LogP contribution in [0.1, 0.15) is 27.7 Å². The summed E-state index contributed by atoms with van der Waals surface area (Å²) in [5, 5.41) is 13.9. The first-order chi connectivity index (χ1) is 5.99. The minimum atomic E-state index is 0.151. The Kier molecular flexibility index (Phi) is 4.90. The lowest BCUT2D eigenvalue weighted by Crippen LogP contribution is -2.35. The number of nitriles is 1. The number of nitrogens with zero attached hydrogens (tertiary/aromatic N) is 2. The lowest BCUT2D eigenvalue weighted by molar-refractivity contribution is 0.428. The summed E-state index contributed by atoms with van der Waals surface area (Å²) in [6.07, 6.45) is 1.85. The molecule has 13 heavy (non-hydrogen) atoms. The van der Waals surface area contributed by atoms with E-state index in [9.17, 15) is 0 Å². The zero-order valence-corrected chi connectivity index (χ0v) is 8.81. The van der Waals surface area contributed by atoms with Gasteiger partial charge in [0.25, 0.3) is 0 Å². The number of rotatable bonds is 2. The van der Waals surface area contributed by atoms with Gasteiger partial charge in [-0.3, -0.25) is 10.3 Å². The van der Waals surface area contributed by atoms with E-state index < -0.39 is 0 Å². The molecular weight excluding hydrogens is 164 g/mol. The second-order valence-corrected chi connectivity index (χ2v) is 3.99. The van der Waals surface area contributed by atoms with Gasteiger partial charge in [0.05, 0.1) is 0 Å². The fraction of sp³-hybridized carbons (Fsp3) is 0.778. The molecule has 0 rings (SSSR count). The quantitative estimate of drug-likeness (QED) is 0.290. The van der Waals surface area contributed by atoms with Crippen LogP contribution in [0.2, 0.25) is 0 Å². The van der Waals surface area contributed by atoms with Crippen LogP contribution in [0.5, 0.6) is 0 Å².